The van der Waals surface area contributed by atoms with Crippen LogP contribution in [0, 0.1) is 11.3 Å². The van der Waals surface area contributed by atoms with Crippen molar-refractivity contribution in [2.45, 2.75) is 47.0 Å². The van der Waals surface area contributed by atoms with Crippen LogP contribution >= 0.6 is 11.6 Å². The molecule has 0 aliphatic heterocycles. The molecule has 1 unspecified atom stereocenters. The zero-order valence-electron chi connectivity index (χ0n) is 8.28. The summed E-state index contributed by atoms with van der Waals surface area (Å²) in [6.07, 6.45) is 3.75. The molecule has 0 aliphatic carbocycles. The smallest absolute Gasteiger partial charge is 0.0223 e. The van der Waals surface area contributed by atoms with E-state index in [0.29, 0.717) is 5.41 Å². The lowest BCUT2D eigenvalue weighted by Crippen LogP contribution is -2.10. The molecule has 0 radical (unpaired) electrons. The minimum absolute atomic E-state index is 0.478. The molecule has 0 nitrogen and oxygen atoms in total. The average molecular weight is 177 g/mol. The second kappa shape index (κ2) is 5.03. The first kappa shape index (κ1) is 11.3. The molecule has 0 aromatic rings. The fourth-order valence-electron chi connectivity index (χ4n) is 1.57. The first-order valence-electron chi connectivity index (χ1n) is 4.51. The van der Waals surface area contributed by atoms with Gasteiger partial charge >= 0.3 is 0 Å². The van der Waals surface area contributed by atoms with Crippen LogP contribution in [0.5, 0.6) is 0 Å². The predicted molar refractivity (Wildman–Crippen MR) is 53.2 cm³/mol. The molecule has 11 heavy (non-hydrogen) atoms. The summed E-state index contributed by atoms with van der Waals surface area (Å²) in [5.41, 5.74) is 0.478. The van der Waals surface area contributed by atoms with Gasteiger partial charge in [-0.1, -0.05) is 27.7 Å². The standard InChI is InChI=1S/C10H21Cl/c1-9(6-5-7-11)8-10(2,3)4/h9H,5-8H2,1-4H3. The minimum atomic E-state index is 0.478. The van der Waals surface area contributed by atoms with E-state index < -0.39 is 0 Å². The fourth-order valence-corrected chi connectivity index (χ4v) is 1.73. The SMILES string of the molecule is CC(CCCCl)CC(C)(C)C. The van der Waals surface area contributed by atoms with Crippen LogP contribution in [-0.2, 0) is 0 Å². The largest absolute Gasteiger partial charge is 0.127 e. The highest BCUT2D eigenvalue weighted by molar-refractivity contribution is 6.17. The van der Waals surface area contributed by atoms with Crippen molar-refractivity contribution in [3.63, 3.8) is 0 Å². The average Bonchev–Trinajstić information content (AvgIpc) is 1.79. The van der Waals surface area contributed by atoms with Crippen molar-refractivity contribution < 1.29 is 0 Å². The molecule has 0 amide bonds. The second-order valence-electron chi connectivity index (χ2n) is 4.70. The van der Waals surface area contributed by atoms with Gasteiger partial charge in [0.05, 0.1) is 0 Å². The van der Waals surface area contributed by atoms with Crippen molar-refractivity contribution in [2.75, 3.05) is 5.88 Å². The Morgan fingerprint density at radius 1 is 1.27 bits per heavy atom. The van der Waals surface area contributed by atoms with Crippen LogP contribution in [0.4, 0.5) is 0 Å². The van der Waals surface area contributed by atoms with Crippen molar-refractivity contribution in [1.29, 1.82) is 0 Å². The molecule has 1 heteroatoms. The first-order valence-corrected chi connectivity index (χ1v) is 5.05. The fraction of sp³-hybridized carbons (Fsp3) is 1.00. The van der Waals surface area contributed by atoms with Gasteiger partial charge < -0.3 is 0 Å². The van der Waals surface area contributed by atoms with E-state index in [1.54, 1.807) is 0 Å². The number of halogens is 1. The molecule has 0 heterocycles. The molecule has 0 saturated carbocycles. The van der Waals surface area contributed by atoms with Crippen molar-refractivity contribution in [3.05, 3.63) is 0 Å². The van der Waals surface area contributed by atoms with E-state index in [1.165, 1.54) is 19.3 Å². The number of hydrogen-bond acceptors (Lipinski definition) is 0. The van der Waals surface area contributed by atoms with E-state index in [0.717, 1.165) is 11.8 Å². The van der Waals surface area contributed by atoms with Crippen molar-refractivity contribution in [1.82, 2.24) is 0 Å². The zero-order valence-corrected chi connectivity index (χ0v) is 9.04. The maximum atomic E-state index is 5.62. The van der Waals surface area contributed by atoms with Gasteiger partial charge in [-0.05, 0) is 30.6 Å². The van der Waals surface area contributed by atoms with Crippen LogP contribution in [0.25, 0.3) is 0 Å². The summed E-state index contributed by atoms with van der Waals surface area (Å²) in [4.78, 5) is 0. The summed E-state index contributed by atoms with van der Waals surface area (Å²) in [5.74, 6) is 1.64. The minimum Gasteiger partial charge on any atom is -0.127 e. The Morgan fingerprint density at radius 2 is 1.82 bits per heavy atom. The Hall–Kier alpha value is 0.290. The highest BCUT2D eigenvalue weighted by Gasteiger charge is 2.14. The van der Waals surface area contributed by atoms with Gasteiger partial charge in [-0.25, -0.2) is 0 Å². The van der Waals surface area contributed by atoms with E-state index in [-0.39, 0.29) is 0 Å². The second-order valence-corrected chi connectivity index (χ2v) is 5.08. The van der Waals surface area contributed by atoms with Crippen LogP contribution < -0.4 is 0 Å². The molecular weight excluding hydrogens is 156 g/mol. The Morgan fingerprint density at radius 3 is 2.18 bits per heavy atom. The van der Waals surface area contributed by atoms with E-state index >= 15 is 0 Å². The highest BCUT2D eigenvalue weighted by Crippen LogP contribution is 2.26. The Labute approximate surface area is 76.3 Å². The molecule has 0 saturated heterocycles. The lowest BCUT2D eigenvalue weighted by molar-refractivity contribution is 0.296. The number of hydrogen-bond donors (Lipinski definition) is 0. The summed E-state index contributed by atoms with van der Waals surface area (Å²) >= 11 is 5.62. The molecule has 1 atom stereocenters. The van der Waals surface area contributed by atoms with Crippen molar-refractivity contribution in [3.8, 4) is 0 Å². The third-order valence-electron chi connectivity index (χ3n) is 1.79. The van der Waals surface area contributed by atoms with Gasteiger partial charge in [0.1, 0.15) is 0 Å². The Bertz CT molecular complexity index is 91.5. The van der Waals surface area contributed by atoms with Crippen LogP contribution in [0.1, 0.15) is 47.0 Å². The van der Waals surface area contributed by atoms with Gasteiger partial charge in [-0.3, -0.25) is 0 Å². The van der Waals surface area contributed by atoms with Crippen LogP contribution in [0.2, 0.25) is 0 Å². The van der Waals surface area contributed by atoms with Crippen LogP contribution in [0.3, 0.4) is 0 Å². The maximum absolute atomic E-state index is 5.62. The molecule has 0 aliphatic rings. The number of rotatable bonds is 4. The summed E-state index contributed by atoms with van der Waals surface area (Å²) in [6.45, 7) is 9.20. The van der Waals surface area contributed by atoms with Gasteiger partial charge in [-0.2, -0.15) is 0 Å². The summed E-state index contributed by atoms with van der Waals surface area (Å²) in [5, 5.41) is 0. The lowest BCUT2D eigenvalue weighted by Gasteiger charge is -2.22. The first-order chi connectivity index (χ1) is 4.95. The van der Waals surface area contributed by atoms with Crippen molar-refractivity contribution >= 4 is 11.6 Å². The molecular formula is C10H21Cl. The normalized spacial score (nSPS) is 15.0. The molecule has 0 rings (SSSR count). The summed E-state index contributed by atoms with van der Waals surface area (Å²) < 4.78 is 0. The quantitative estimate of drug-likeness (QED) is 0.567. The van der Waals surface area contributed by atoms with Crippen molar-refractivity contribution in [2.24, 2.45) is 11.3 Å². The predicted octanol–water partition coefficient (Wildman–Crippen LogP) is 4.08. The molecule has 0 aromatic carbocycles. The Kier molecular flexibility index (Phi) is 5.16. The molecule has 0 aromatic heterocycles. The van der Waals surface area contributed by atoms with Gasteiger partial charge in [0.15, 0.2) is 0 Å². The summed E-state index contributed by atoms with van der Waals surface area (Å²) in [7, 11) is 0. The van der Waals surface area contributed by atoms with E-state index in [2.05, 4.69) is 27.7 Å². The van der Waals surface area contributed by atoms with E-state index in [1.807, 2.05) is 0 Å². The zero-order chi connectivity index (χ0) is 8.91. The number of alkyl halides is 1. The molecule has 0 spiro atoms. The molecule has 68 valence electrons. The van der Waals surface area contributed by atoms with Gasteiger partial charge in [0.25, 0.3) is 0 Å². The lowest BCUT2D eigenvalue weighted by atomic mass is 9.84. The highest BCUT2D eigenvalue weighted by atomic mass is 35.5. The van der Waals surface area contributed by atoms with Gasteiger partial charge in [0.2, 0.25) is 0 Å². The Balaban J connectivity index is 3.44. The van der Waals surface area contributed by atoms with Crippen LogP contribution in [0.15, 0.2) is 0 Å². The van der Waals surface area contributed by atoms with Crippen LogP contribution in [-0.4, -0.2) is 5.88 Å². The third-order valence-corrected chi connectivity index (χ3v) is 2.06. The van der Waals surface area contributed by atoms with E-state index in [4.69, 9.17) is 11.6 Å². The molecule has 0 bridgehead atoms. The van der Waals surface area contributed by atoms with Gasteiger partial charge in [0, 0.05) is 5.88 Å². The molecule has 0 fully saturated rings. The van der Waals surface area contributed by atoms with Gasteiger partial charge in [-0.15, -0.1) is 11.6 Å². The monoisotopic (exact) mass is 176 g/mol. The third kappa shape index (κ3) is 8.19. The maximum Gasteiger partial charge on any atom is 0.0223 e. The summed E-state index contributed by atoms with van der Waals surface area (Å²) in [6, 6.07) is 0. The molecule has 0 N–H and O–H groups in total. The van der Waals surface area contributed by atoms with E-state index in [9.17, 15) is 0 Å². The topological polar surface area (TPSA) is 0 Å².